The number of aliphatic hydroxyl groups is 1. The lowest BCUT2D eigenvalue weighted by atomic mass is 9.84. The average Bonchev–Trinajstić information content (AvgIpc) is 2.10. The predicted octanol–water partition coefficient (Wildman–Crippen LogP) is 2.00. The van der Waals surface area contributed by atoms with Crippen LogP contribution in [0.3, 0.4) is 0 Å². The van der Waals surface area contributed by atoms with Gasteiger partial charge >= 0.3 is 5.97 Å². The van der Waals surface area contributed by atoms with Gasteiger partial charge in [0, 0.05) is 18.4 Å². The maximum absolute atomic E-state index is 11.5. The summed E-state index contributed by atoms with van der Waals surface area (Å²) in [7, 11) is 0. The number of carbonyl (C=O) groups excluding carboxylic acids is 1. The first-order valence-corrected chi connectivity index (χ1v) is 5.11. The van der Waals surface area contributed by atoms with E-state index in [0.717, 1.165) is 17.6 Å². The summed E-state index contributed by atoms with van der Waals surface area (Å²) in [6, 6.07) is 0. The van der Waals surface area contributed by atoms with Crippen LogP contribution in [0.1, 0.15) is 40.5 Å². The molecular weight excluding hydrogens is 180 g/mol. The first-order valence-electron chi connectivity index (χ1n) is 5.11. The van der Waals surface area contributed by atoms with E-state index in [9.17, 15) is 9.90 Å². The lowest BCUT2D eigenvalue weighted by molar-refractivity contribution is -0.217. The smallest absolute Gasteiger partial charge is 0.336 e. The normalized spacial score (nSPS) is 33.2. The fourth-order valence-corrected chi connectivity index (χ4v) is 1.94. The molecule has 0 aliphatic carbocycles. The Labute approximate surface area is 84.8 Å². The van der Waals surface area contributed by atoms with E-state index in [0.29, 0.717) is 6.42 Å². The minimum absolute atomic E-state index is 0.111. The van der Waals surface area contributed by atoms with Crippen LogP contribution in [0, 0.1) is 5.92 Å². The SMILES string of the molecule is CCC1=C(CC)C(C)C(C)(O)OC1=O. The third-order valence-corrected chi connectivity index (χ3v) is 2.99. The minimum Gasteiger partial charge on any atom is -0.430 e. The average molecular weight is 198 g/mol. The van der Waals surface area contributed by atoms with E-state index >= 15 is 0 Å². The maximum Gasteiger partial charge on any atom is 0.336 e. The molecule has 0 amide bonds. The predicted molar refractivity (Wildman–Crippen MR) is 53.5 cm³/mol. The van der Waals surface area contributed by atoms with E-state index in [4.69, 9.17) is 4.74 Å². The van der Waals surface area contributed by atoms with Crippen molar-refractivity contribution < 1.29 is 14.6 Å². The van der Waals surface area contributed by atoms with Crippen molar-refractivity contribution in [2.75, 3.05) is 0 Å². The Morgan fingerprint density at radius 3 is 2.43 bits per heavy atom. The molecule has 0 fully saturated rings. The van der Waals surface area contributed by atoms with Crippen LogP contribution in [0.2, 0.25) is 0 Å². The highest BCUT2D eigenvalue weighted by Crippen LogP contribution is 2.36. The van der Waals surface area contributed by atoms with Gasteiger partial charge in [0.15, 0.2) is 0 Å². The second kappa shape index (κ2) is 3.73. The van der Waals surface area contributed by atoms with Crippen LogP contribution in [0.5, 0.6) is 0 Å². The lowest BCUT2D eigenvalue weighted by Gasteiger charge is -2.36. The number of ether oxygens (including phenoxy) is 1. The van der Waals surface area contributed by atoms with Crippen LogP contribution in [0.15, 0.2) is 11.1 Å². The number of rotatable bonds is 2. The Balaban J connectivity index is 3.16. The van der Waals surface area contributed by atoms with Gasteiger partial charge in [0.2, 0.25) is 5.79 Å². The van der Waals surface area contributed by atoms with Crippen molar-refractivity contribution in [1.82, 2.24) is 0 Å². The summed E-state index contributed by atoms with van der Waals surface area (Å²) < 4.78 is 4.98. The standard InChI is InChI=1S/C11H18O3/c1-5-8-7(3)11(4,13)14-10(12)9(8)6-2/h7,13H,5-6H2,1-4H3. The zero-order valence-corrected chi connectivity index (χ0v) is 9.26. The van der Waals surface area contributed by atoms with Gasteiger partial charge in [-0.1, -0.05) is 26.3 Å². The highest BCUT2D eigenvalue weighted by atomic mass is 16.7. The van der Waals surface area contributed by atoms with Gasteiger partial charge in [-0.3, -0.25) is 0 Å². The molecule has 80 valence electrons. The Morgan fingerprint density at radius 2 is 2.00 bits per heavy atom. The van der Waals surface area contributed by atoms with E-state index in [1.165, 1.54) is 6.92 Å². The molecule has 3 heteroatoms. The highest BCUT2D eigenvalue weighted by Gasteiger charge is 2.41. The van der Waals surface area contributed by atoms with Crippen molar-refractivity contribution in [3.63, 3.8) is 0 Å². The molecule has 0 spiro atoms. The molecule has 2 unspecified atom stereocenters. The molecule has 1 N–H and O–H groups in total. The topological polar surface area (TPSA) is 46.5 Å². The van der Waals surface area contributed by atoms with Crippen molar-refractivity contribution in [3.8, 4) is 0 Å². The summed E-state index contributed by atoms with van der Waals surface area (Å²) in [6.07, 6.45) is 1.46. The van der Waals surface area contributed by atoms with E-state index in [2.05, 4.69) is 0 Å². The zero-order chi connectivity index (χ0) is 10.9. The summed E-state index contributed by atoms with van der Waals surface area (Å²) in [6.45, 7) is 7.35. The summed E-state index contributed by atoms with van der Waals surface area (Å²) in [5, 5.41) is 9.85. The minimum atomic E-state index is -1.35. The Kier molecular flexibility index (Phi) is 3.00. The fourth-order valence-electron chi connectivity index (χ4n) is 1.94. The van der Waals surface area contributed by atoms with Crippen molar-refractivity contribution >= 4 is 5.97 Å². The van der Waals surface area contributed by atoms with Gasteiger partial charge in [0.05, 0.1) is 0 Å². The Bertz CT molecular complexity index is 276. The van der Waals surface area contributed by atoms with E-state index in [1.54, 1.807) is 0 Å². The van der Waals surface area contributed by atoms with Gasteiger partial charge < -0.3 is 9.84 Å². The van der Waals surface area contributed by atoms with Crippen LogP contribution in [0.25, 0.3) is 0 Å². The summed E-state index contributed by atoms with van der Waals surface area (Å²) in [4.78, 5) is 11.5. The highest BCUT2D eigenvalue weighted by molar-refractivity contribution is 5.90. The van der Waals surface area contributed by atoms with Crippen LogP contribution in [-0.4, -0.2) is 16.9 Å². The Hall–Kier alpha value is -0.830. The number of cyclic esters (lactones) is 1. The van der Waals surface area contributed by atoms with Gasteiger partial charge in [-0.15, -0.1) is 0 Å². The zero-order valence-electron chi connectivity index (χ0n) is 9.26. The Morgan fingerprint density at radius 1 is 1.43 bits per heavy atom. The van der Waals surface area contributed by atoms with Crippen molar-refractivity contribution in [2.24, 2.45) is 5.92 Å². The molecule has 1 aliphatic heterocycles. The maximum atomic E-state index is 11.5. The summed E-state index contributed by atoms with van der Waals surface area (Å²) in [5.41, 5.74) is 1.75. The molecule has 1 heterocycles. The lowest BCUT2D eigenvalue weighted by Crippen LogP contribution is -2.43. The molecule has 14 heavy (non-hydrogen) atoms. The molecule has 0 bridgehead atoms. The molecule has 0 saturated heterocycles. The van der Waals surface area contributed by atoms with Crippen LogP contribution < -0.4 is 0 Å². The molecule has 0 aromatic heterocycles. The van der Waals surface area contributed by atoms with Gasteiger partial charge in [0.25, 0.3) is 0 Å². The van der Waals surface area contributed by atoms with Gasteiger partial charge in [-0.05, 0) is 12.8 Å². The number of esters is 1. The van der Waals surface area contributed by atoms with Gasteiger partial charge in [0.1, 0.15) is 0 Å². The van der Waals surface area contributed by atoms with Crippen LogP contribution >= 0.6 is 0 Å². The number of hydrogen-bond acceptors (Lipinski definition) is 3. The molecule has 0 radical (unpaired) electrons. The van der Waals surface area contributed by atoms with Crippen molar-refractivity contribution in [1.29, 1.82) is 0 Å². The third-order valence-electron chi connectivity index (χ3n) is 2.99. The van der Waals surface area contributed by atoms with Gasteiger partial charge in [-0.25, -0.2) is 4.79 Å². The molecule has 1 aliphatic rings. The van der Waals surface area contributed by atoms with Crippen molar-refractivity contribution in [3.05, 3.63) is 11.1 Å². The fraction of sp³-hybridized carbons (Fsp3) is 0.727. The van der Waals surface area contributed by atoms with E-state index in [1.807, 2.05) is 20.8 Å². The number of hydrogen-bond donors (Lipinski definition) is 1. The molecule has 1 rings (SSSR count). The summed E-state index contributed by atoms with van der Waals surface area (Å²) in [5.74, 6) is -1.83. The number of carbonyl (C=O) groups is 1. The molecule has 0 aromatic carbocycles. The molecule has 3 nitrogen and oxygen atoms in total. The third kappa shape index (κ3) is 1.69. The molecule has 0 saturated carbocycles. The van der Waals surface area contributed by atoms with Crippen LogP contribution in [-0.2, 0) is 9.53 Å². The van der Waals surface area contributed by atoms with Crippen LogP contribution in [0.4, 0.5) is 0 Å². The second-order valence-corrected chi connectivity index (χ2v) is 3.88. The molecule has 2 atom stereocenters. The van der Waals surface area contributed by atoms with Crippen molar-refractivity contribution in [2.45, 2.75) is 46.3 Å². The quantitative estimate of drug-likeness (QED) is 0.690. The molecular formula is C11H18O3. The monoisotopic (exact) mass is 198 g/mol. The summed E-state index contributed by atoms with van der Waals surface area (Å²) >= 11 is 0. The largest absolute Gasteiger partial charge is 0.430 e. The molecule has 0 aromatic rings. The first-order chi connectivity index (χ1) is 6.44. The first kappa shape index (κ1) is 11.2. The van der Waals surface area contributed by atoms with Gasteiger partial charge in [-0.2, -0.15) is 0 Å². The second-order valence-electron chi connectivity index (χ2n) is 3.88. The van der Waals surface area contributed by atoms with E-state index in [-0.39, 0.29) is 11.9 Å². The van der Waals surface area contributed by atoms with E-state index < -0.39 is 5.79 Å².